The molecule has 43 heavy (non-hydrogen) atoms. The molecular weight excluding hydrogens is 540 g/mol. The molecule has 0 aliphatic heterocycles. The van der Waals surface area contributed by atoms with Gasteiger partial charge < -0.3 is 24.8 Å². The molecule has 6 aromatic carbocycles. The van der Waals surface area contributed by atoms with Gasteiger partial charge in [0.2, 0.25) is 11.8 Å². The summed E-state index contributed by atoms with van der Waals surface area (Å²) < 4.78 is 16.0. The highest BCUT2D eigenvalue weighted by molar-refractivity contribution is 6.03. The first kappa shape index (κ1) is 28.3. The van der Waals surface area contributed by atoms with E-state index in [0.29, 0.717) is 13.1 Å². The van der Waals surface area contributed by atoms with E-state index in [-0.39, 0.29) is 38.6 Å². The number of fused-ring (bicyclic) bond motifs is 4. The number of benzene rings is 6. The smallest absolute Gasteiger partial charge is 0.246 e. The molecule has 216 valence electrons. The molecule has 6 rings (SSSR count). The maximum atomic E-state index is 12.4. The Morgan fingerprint density at radius 2 is 0.791 bits per heavy atom. The Morgan fingerprint density at radius 1 is 0.465 bits per heavy atom. The van der Waals surface area contributed by atoms with Crippen LogP contribution in [-0.4, -0.2) is 38.6 Å². The van der Waals surface area contributed by atoms with Gasteiger partial charge in [0.05, 0.1) is 0 Å². The van der Waals surface area contributed by atoms with Gasteiger partial charge in [0.15, 0.2) is 0 Å². The topological polar surface area (TPSA) is 85.9 Å². The van der Waals surface area contributed by atoms with E-state index in [0.717, 1.165) is 54.2 Å². The van der Waals surface area contributed by atoms with Crippen molar-refractivity contribution in [3.8, 4) is 0 Å². The fourth-order valence-electron chi connectivity index (χ4n) is 5.49. The highest BCUT2D eigenvalue weighted by atomic mass is 16.7. The number of rotatable bonds is 12. The number of carbonyl (C=O) groups is 2. The summed E-state index contributed by atoms with van der Waals surface area (Å²) in [5.74, 6) is -0.497. The van der Waals surface area contributed by atoms with Crippen LogP contribution in [0.25, 0.3) is 43.1 Å². The Kier molecular flexibility index (Phi) is 8.85. The van der Waals surface area contributed by atoms with Crippen LogP contribution in [0.5, 0.6) is 0 Å². The van der Waals surface area contributed by atoms with Crippen LogP contribution in [0.3, 0.4) is 0 Å². The van der Waals surface area contributed by atoms with E-state index in [4.69, 9.17) is 14.2 Å². The SMILES string of the molecule is O=C(COCOCOCC(=O)NCc1c2ccccc2cc2ccccc12)NCc1c2ccccc2cc2ccccc12. The first-order valence-electron chi connectivity index (χ1n) is 14.2. The normalized spacial score (nSPS) is 11.3. The molecule has 6 aromatic rings. The molecule has 0 saturated heterocycles. The summed E-state index contributed by atoms with van der Waals surface area (Å²) in [6, 6.07) is 37.0. The lowest BCUT2D eigenvalue weighted by atomic mass is 9.97. The van der Waals surface area contributed by atoms with Crippen LogP contribution in [0.15, 0.2) is 109 Å². The van der Waals surface area contributed by atoms with Crippen molar-refractivity contribution < 1.29 is 23.8 Å². The van der Waals surface area contributed by atoms with Crippen LogP contribution in [0.4, 0.5) is 0 Å². The minimum absolute atomic E-state index is 0.131. The van der Waals surface area contributed by atoms with Crippen molar-refractivity contribution in [2.24, 2.45) is 0 Å². The van der Waals surface area contributed by atoms with Gasteiger partial charge in [-0.05, 0) is 66.3 Å². The molecule has 2 N–H and O–H groups in total. The number of carbonyl (C=O) groups excluding carboxylic acids is 2. The van der Waals surface area contributed by atoms with Crippen LogP contribution in [0.1, 0.15) is 11.1 Å². The van der Waals surface area contributed by atoms with Gasteiger partial charge in [0, 0.05) is 13.1 Å². The molecule has 0 aromatic heterocycles. The van der Waals surface area contributed by atoms with Gasteiger partial charge in [-0.25, -0.2) is 0 Å². The van der Waals surface area contributed by atoms with Crippen LogP contribution >= 0.6 is 0 Å². The van der Waals surface area contributed by atoms with E-state index >= 15 is 0 Å². The number of hydrogen-bond donors (Lipinski definition) is 2. The first-order valence-corrected chi connectivity index (χ1v) is 14.2. The zero-order valence-corrected chi connectivity index (χ0v) is 23.7. The van der Waals surface area contributed by atoms with E-state index in [2.05, 4.69) is 71.3 Å². The molecule has 2 amide bonds. The maximum Gasteiger partial charge on any atom is 0.246 e. The van der Waals surface area contributed by atoms with Gasteiger partial charge in [-0.15, -0.1) is 0 Å². The predicted molar refractivity (Wildman–Crippen MR) is 169 cm³/mol. The van der Waals surface area contributed by atoms with Crippen molar-refractivity contribution in [2.75, 3.05) is 26.8 Å². The molecule has 7 nitrogen and oxygen atoms in total. The summed E-state index contributed by atoms with van der Waals surface area (Å²) in [7, 11) is 0. The Balaban J connectivity index is 0.915. The summed E-state index contributed by atoms with van der Waals surface area (Å²) in [5, 5.41) is 14.8. The highest BCUT2D eigenvalue weighted by Gasteiger charge is 2.11. The Hall–Kier alpha value is -4.82. The van der Waals surface area contributed by atoms with Gasteiger partial charge in [-0.3, -0.25) is 9.59 Å². The largest absolute Gasteiger partial charge is 0.350 e. The minimum Gasteiger partial charge on any atom is -0.350 e. The molecule has 0 unspecified atom stereocenters. The Labute approximate surface area is 249 Å². The number of ether oxygens (including phenoxy) is 3. The standard InChI is InChI=1S/C36H32N2O5/c39-35(37-19-33-29-13-5-1-9-25(29)17-26-10-2-6-14-30(26)33)21-41-23-43-24-42-22-36(40)38-20-34-31-15-7-3-11-27(31)18-28-12-4-8-16-32(28)34/h1-18H,19-24H2,(H,37,39)(H,38,40). The van der Waals surface area contributed by atoms with E-state index < -0.39 is 0 Å². The van der Waals surface area contributed by atoms with E-state index in [1.807, 2.05) is 48.5 Å². The second kappa shape index (κ2) is 13.4. The quantitative estimate of drug-likeness (QED) is 0.104. The molecule has 0 atom stereocenters. The fourth-order valence-corrected chi connectivity index (χ4v) is 5.49. The highest BCUT2D eigenvalue weighted by Crippen LogP contribution is 2.29. The summed E-state index contributed by atoms with van der Waals surface area (Å²) >= 11 is 0. The lowest BCUT2D eigenvalue weighted by Crippen LogP contribution is -2.28. The van der Waals surface area contributed by atoms with Gasteiger partial charge in [-0.2, -0.15) is 0 Å². The van der Waals surface area contributed by atoms with Gasteiger partial charge in [0.25, 0.3) is 0 Å². The zero-order chi connectivity index (χ0) is 29.4. The Bertz CT molecular complexity index is 1670. The molecule has 0 saturated carbocycles. The van der Waals surface area contributed by atoms with Crippen molar-refractivity contribution in [3.63, 3.8) is 0 Å². The predicted octanol–water partition coefficient (Wildman–Crippen LogP) is 6.20. The number of hydrogen-bond acceptors (Lipinski definition) is 5. The van der Waals surface area contributed by atoms with Crippen LogP contribution < -0.4 is 10.6 Å². The third-order valence-corrected chi connectivity index (χ3v) is 7.49. The zero-order valence-electron chi connectivity index (χ0n) is 23.7. The van der Waals surface area contributed by atoms with Crippen molar-refractivity contribution in [2.45, 2.75) is 13.1 Å². The maximum absolute atomic E-state index is 12.4. The fraction of sp³-hybridized carbons (Fsp3) is 0.167. The average molecular weight is 573 g/mol. The molecule has 0 heterocycles. The van der Waals surface area contributed by atoms with Gasteiger partial charge in [0.1, 0.15) is 26.8 Å². The number of nitrogens with one attached hydrogen (secondary N) is 2. The molecule has 0 aliphatic rings. The minimum atomic E-state index is -0.248. The van der Waals surface area contributed by atoms with Gasteiger partial charge >= 0.3 is 0 Å². The van der Waals surface area contributed by atoms with E-state index in [1.54, 1.807) is 0 Å². The molecule has 7 heteroatoms. The molecule has 0 aliphatic carbocycles. The second-order valence-electron chi connectivity index (χ2n) is 10.3. The van der Waals surface area contributed by atoms with Crippen molar-refractivity contribution in [1.29, 1.82) is 0 Å². The third kappa shape index (κ3) is 6.65. The second-order valence-corrected chi connectivity index (χ2v) is 10.3. The number of amides is 2. The average Bonchev–Trinajstić information content (AvgIpc) is 3.04. The van der Waals surface area contributed by atoms with E-state index in [9.17, 15) is 9.59 Å². The van der Waals surface area contributed by atoms with Gasteiger partial charge in [-0.1, -0.05) is 97.1 Å². The van der Waals surface area contributed by atoms with Crippen molar-refractivity contribution in [1.82, 2.24) is 10.6 Å². The van der Waals surface area contributed by atoms with Crippen LogP contribution in [-0.2, 0) is 36.9 Å². The van der Waals surface area contributed by atoms with Crippen LogP contribution in [0, 0.1) is 0 Å². The summed E-state index contributed by atoms with van der Waals surface area (Å²) in [6.45, 7) is 0.211. The summed E-state index contributed by atoms with van der Waals surface area (Å²) in [6.07, 6.45) is 0. The third-order valence-electron chi connectivity index (χ3n) is 7.49. The van der Waals surface area contributed by atoms with E-state index in [1.165, 1.54) is 0 Å². The molecule has 0 bridgehead atoms. The molecule has 0 spiro atoms. The van der Waals surface area contributed by atoms with Crippen LogP contribution in [0.2, 0.25) is 0 Å². The first-order chi connectivity index (χ1) is 21.2. The van der Waals surface area contributed by atoms with Crippen molar-refractivity contribution >= 4 is 54.9 Å². The lowest BCUT2D eigenvalue weighted by molar-refractivity contribution is -0.152. The Morgan fingerprint density at radius 3 is 1.14 bits per heavy atom. The lowest BCUT2D eigenvalue weighted by Gasteiger charge is -2.13. The van der Waals surface area contributed by atoms with Crippen molar-refractivity contribution in [3.05, 3.63) is 120 Å². The molecule has 0 fully saturated rings. The molecular formula is C36H32N2O5. The monoisotopic (exact) mass is 572 g/mol. The summed E-state index contributed by atoms with van der Waals surface area (Å²) in [4.78, 5) is 24.9. The molecule has 0 radical (unpaired) electrons. The summed E-state index contributed by atoms with van der Waals surface area (Å²) in [5.41, 5.74) is 2.14.